The Balaban J connectivity index is 2.90. The Kier molecular flexibility index (Phi) is 2.49. The van der Waals surface area contributed by atoms with Gasteiger partial charge in [-0.2, -0.15) is 0 Å². The fourth-order valence-corrected chi connectivity index (χ4v) is 1.95. The van der Waals surface area contributed by atoms with Crippen molar-refractivity contribution in [2.24, 2.45) is 0 Å². The van der Waals surface area contributed by atoms with Crippen LogP contribution in [0.3, 0.4) is 0 Å². The summed E-state index contributed by atoms with van der Waals surface area (Å²) in [7, 11) is 0. The molecule has 0 radical (unpaired) electrons. The molecule has 0 amide bonds. The van der Waals surface area contributed by atoms with E-state index in [9.17, 15) is 4.79 Å². The highest BCUT2D eigenvalue weighted by Crippen LogP contribution is 2.26. The predicted octanol–water partition coefficient (Wildman–Crippen LogP) is 0.905. The molecule has 5 heteroatoms. The predicted molar refractivity (Wildman–Crippen MR) is 41.8 cm³/mol. The number of esters is 1. The minimum atomic E-state index is -1.08. The van der Waals surface area contributed by atoms with Gasteiger partial charge in [-0.3, -0.25) is 0 Å². The summed E-state index contributed by atoms with van der Waals surface area (Å²) in [6.07, 6.45) is -1.08. The van der Waals surface area contributed by atoms with Gasteiger partial charge >= 0.3 is 5.97 Å². The number of carbonyl (C=O) groups is 1. The first-order chi connectivity index (χ1) is 4.66. The third-order valence-electron chi connectivity index (χ3n) is 1.12. The zero-order chi connectivity index (χ0) is 7.72. The van der Waals surface area contributed by atoms with Crippen LogP contribution in [0.4, 0.5) is 0 Å². The van der Waals surface area contributed by atoms with E-state index < -0.39 is 12.3 Å². The monoisotopic (exact) mass is 270 g/mol. The van der Waals surface area contributed by atoms with Crippen molar-refractivity contribution in [1.29, 1.82) is 0 Å². The highest BCUT2D eigenvalue weighted by atomic mass is 79.9. The maximum atomic E-state index is 10.6. The van der Waals surface area contributed by atoms with Crippen LogP contribution in [0, 0.1) is 0 Å². The number of carbonyl (C=O) groups excluding carboxylic acids is 1. The average Bonchev–Trinajstić information content (AvgIpc) is 2.09. The van der Waals surface area contributed by atoms with Crippen LogP contribution in [0.15, 0.2) is 10.1 Å². The van der Waals surface area contributed by atoms with Gasteiger partial charge in [0.15, 0.2) is 0 Å². The van der Waals surface area contributed by atoms with Gasteiger partial charge in [-0.05, 0) is 15.9 Å². The van der Waals surface area contributed by atoms with Crippen LogP contribution < -0.4 is 0 Å². The molecular weight excluding hydrogens is 268 g/mol. The molecule has 0 saturated heterocycles. The summed E-state index contributed by atoms with van der Waals surface area (Å²) in [6, 6.07) is 0. The largest absolute Gasteiger partial charge is 0.428 e. The van der Waals surface area contributed by atoms with E-state index in [1.165, 1.54) is 0 Å². The number of hydrogen-bond donors (Lipinski definition) is 1. The zero-order valence-electron chi connectivity index (χ0n) is 4.80. The van der Waals surface area contributed by atoms with Crippen molar-refractivity contribution >= 4 is 37.8 Å². The SMILES string of the molecule is O=C1OC(O)C(CBr)=C1Br. The van der Waals surface area contributed by atoms with Gasteiger partial charge in [0.2, 0.25) is 6.29 Å². The molecule has 1 rings (SSSR count). The van der Waals surface area contributed by atoms with Crippen molar-refractivity contribution in [3.05, 3.63) is 10.1 Å². The van der Waals surface area contributed by atoms with Gasteiger partial charge < -0.3 is 9.84 Å². The van der Waals surface area contributed by atoms with Crippen molar-refractivity contribution < 1.29 is 14.6 Å². The second-order valence-corrected chi connectivity index (χ2v) is 3.08. The van der Waals surface area contributed by atoms with Crippen LogP contribution in [0.1, 0.15) is 0 Å². The van der Waals surface area contributed by atoms with Crippen molar-refractivity contribution in [3.63, 3.8) is 0 Å². The van der Waals surface area contributed by atoms with E-state index in [-0.39, 0.29) is 0 Å². The van der Waals surface area contributed by atoms with Crippen molar-refractivity contribution in [1.82, 2.24) is 0 Å². The molecule has 0 aliphatic carbocycles. The maximum absolute atomic E-state index is 10.6. The maximum Gasteiger partial charge on any atom is 0.348 e. The van der Waals surface area contributed by atoms with Crippen LogP contribution in [0.25, 0.3) is 0 Å². The molecule has 0 saturated carbocycles. The number of cyclic esters (lactones) is 1. The van der Waals surface area contributed by atoms with Gasteiger partial charge in [0.1, 0.15) is 4.48 Å². The van der Waals surface area contributed by atoms with Crippen LogP contribution in [0.5, 0.6) is 0 Å². The van der Waals surface area contributed by atoms with Crippen LogP contribution in [0.2, 0.25) is 0 Å². The smallest absolute Gasteiger partial charge is 0.348 e. The lowest BCUT2D eigenvalue weighted by Crippen LogP contribution is -2.10. The first-order valence-corrected chi connectivity index (χ1v) is 4.42. The van der Waals surface area contributed by atoms with Crippen molar-refractivity contribution in [2.75, 3.05) is 5.33 Å². The minimum Gasteiger partial charge on any atom is -0.428 e. The van der Waals surface area contributed by atoms with Crippen LogP contribution in [-0.4, -0.2) is 22.7 Å². The molecular formula is C5H4Br2O3. The molecule has 1 aliphatic rings. The molecule has 0 bridgehead atoms. The molecule has 0 aromatic heterocycles. The van der Waals surface area contributed by atoms with Crippen LogP contribution in [-0.2, 0) is 9.53 Å². The van der Waals surface area contributed by atoms with Gasteiger partial charge in [0.25, 0.3) is 0 Å². The van der Waals surface area contributed by atoms with E-state index in [2.05, 4.69) is 36.6 Å². The third-order valence-corrected chi connectivity index (χ3v) is 2.56. The Morgan fingerprint density at radius 3 is 2.50 bits per heavy atom. The topological polar surface area (TPSA) is 46.5 Å². The highest BCUT2D eigenvalue weighted by molar-refractivity contribution is 9.12. The molecule has 1 heterocycles. The third kappa shape index (κ3) is 1.26. The van der Waals surface area contributed by atoms with Crippen molar-refractivity contribution in [3.8, 4) is 0 Å². The quantitative estimate of drug-likeness (QED) is 0.570. The summed E-state index contributed by atoms with van der Waals surface area (Å²) in [4.78, 5) is 10.6. The summed E-state index contributed by atoms with van der Waals surface area (Å²) in [5.41, 5.74) is 0.532. The number of aliphatic hydroxyl groups is 1. The van der Waals surface area contributed by atoms with Gasteiger partial charge in [0.05, 0.1) is 0 Å². The Labute approximate surface area is 74.3 Å². The number of halogens is 2. The average molecular weight is 272 g/mol. The number of rotatable bonds is 1. The number of aliphatic hydroxyl groups excluding tert-OH is 1. The number of hydrogen-bond acceptors (Lipinski definition) is 3. The standard InChI is InChI=1S/C5H4Br2O3/c6-1-2-3(7)5(9)10-4(2)8/h4,8H,1H2. The van der Waals surface area contributed by atoms with E-state index in [1.807, 2.05) is 0 Å². The molecule has 0 aromatic carbocycles. The number of ether oxygens (including phenoxy) is 1. The van der Waals surface area contributed by atoms with E-state index in [1.54, 1.807) is 0 Å². The lowest BCUT2D eigenvalue weighted by molar-refractivity contribution is -0.151. The van der Waals surface area contributed by atoms with Crippen LogP contribution >= 0.6 is 31.9 Å². The van der Waals surface area contributed by atoms with E-state index in [0.717, 1.165) is 0 Å². The summed E-state index contributed by atoms with van der Waals surface area (Å²) >= 11 is 6.09. The van der Waals surface area contributed by atoms with E-state index in [0.29, 0.717) is 15.4 Å². The molecule has 56 valence electrons. The highest BCUT2D eigenvalue weighted by Gasteiger charge is 2.29. The Morgan fingerprint density at radius 1 is 1.70 bits per heavy atom. The summed E-state index contributed by atoms with van der Waals surface area (Å²) in [5, 5.41) is 9.40. The fourth-order valence-electron chi connectivity index (χ4n) is 0.588. The second kappa shape index (κ2) is 3.02. The molecule has 0 aromatic rings. The van der Waals surface area contributed by atoms with Gasteiger partial charge in [-0.15, -0.1) is 0 Å². The summed E-state index contributed by atoms with van der Waals surface area (Å²) in [5.74, 6) is -0.512. The van der Waals surface area contributed by atoms with Gasteiger partial charge in [-0.1, -0.05) is 15.9 Å². The molecule has 10 heavy (non-hydrogen) atoms. The Bertz CT molecular complexity index is 199. The van der Waals surface area contributed by atoms with Crippen molar-refractivity contribution in [2.45, 2.75) is 6.29 Å². The molecule has 0 spiro atoms. The molecule has 1 N–H and O–H groups in total. The first-order valence-electron chi connectivity index (χ1n) is 2.50. The molecule has 1 unspecified atom stereocenters. The van der Waals surface area contributed by atoms with E-state index >= 15 is 0 Å². The van der Waals surface area contributed by atoms with Gasteiger partial charge in [0, 0.05) is 10.9 Å². The second-order valence-electron chi connectivity index (χ2n) is 1.73. The Morgan fingerprint density at radius 2 is 2.30 bits per heavy atom. The normalized spacial score (nSPS) is 25.5. The summed E-state index contributed by atoms with van der Waals surface area (Å²) < 4.78 is 4.76. The first kappa shape index (κ1) is 8.23. The van der Waals surface area contributed by atoms with Gasteiger partial charge in [-0.25, -0.2) is 4.79 Å². The zero-order valence-corrected chi connectivity index (χ0v) is 7.98. The lowest BCUT2D eigenvalue weighted by Gasteiger charge is -2.01. The molecule has 1 aliphatic heterocycles. The fraction of sp³-hybridized carbons (Fsp3) is 0.400. The molecule has 0 fully saturated rings. The number of alkyl halides is 1. The Hall–Kier alpha value is 0.130. The molecule has 1 atom stereocenters. The lowest BCUT2D eigenvalue weighted by atomic mass is 10.3. The minimum absolute atomic E-state index is 0.317. The molecule has 3 nitrogen and oxygen atoms in total. The summed E-state index contributed by atoms with van der Waals surface area (Å²) in [6.45, 7) is 0. The van der Waals surface area contributed by atoms with E-state index in [4.69, 9.17) is 5.11 Å².